The van der Waals surface area contributed by atoms with Gasteiger partial charge in [-0.2, -0.15) is 0 Å². The smallest absolute Gasteiger partial charge is 0.161 e. The normalized spacial score (nSPS) is 11.9. The van der Waals surface area contributed by atoms with Crippen LogP contribution in [0.4, 0.5) is 11.4 Å². The van der Waals surface area contributed by atoms with Crippen LogP contribution >= 0.6 is 0 Å². The fraction of sp³-hybridized carbons (Fsp3) is 0.0323. The topological polar surface area (TPSA) is 42.8 Å². The third kappa shape index (κ3) is 7.84. The van der Waals surface area contributed by atoms with E-state index < -0.39 is 0 Å². The molecule has 68 heavy (non-hydrogen) atoms. The number of nitrogens with zero attached hydrogens (tertiary/aromatic N) is 6. The van der Waals surface area contributed by atoms with Gasteiger partial charge in [-0.25, -0.2) is 9.98 Å². The summed E-state index contributed by atoms with van der Waals surface area (Å²) in [6, 6.07) is 82.9. The molecule has 0 saturated heterocycles. The Morgan fingerprint density at radius 2 is 1.07 bits per heavy atom. The second kappa shape index (κ2) is 18.1. The molecule has 0 aliphatic heterocycles. The van der Waals surface area contributed by atoms with Crippen LogP contribution in [0.1, 0.15) is 18.1 Å². The first kappa shape index (κ1) is 41.7. The van der Waals surface area contributed by atoms with Crippen molar-refractivity contribution in [3.05, 3.63) is 260 Å². The van der Waals surface area contributed by atoms with E-state index in [0.29, 0.717) is 11.5 Å². The average molecular weight is 877 g/mol. The first-order chi connectivity index (χ1) is 33.5. The van der Waals surface area contributed by atoms with Gasteiger partial charge < -0.3 is 14.0 Å². The van der Waals surface area contributed by atoms with Gasteiger partial charge in [-0.05, 0) is 108 Å². The first-order valence-corrected chi connectivity index (χ1v) is 22.9. The molecule has 6 nitrogen and oxygen atoms in total. The maximum Gasteiger partial charge on any atom is 0.161 e. The number of amidine groups is 1. The van der Waals surface area contributed by atoms with Crippen molar-refractivity contribution in [2.24, 2.45) is 9.98 Å². The molecule has 0 aliphatic carbocycles. The van der Waals surface area contributed by atoms with Crippen molar-refractivity contribution in [3.63, 3.8) is 0 Å². The van der Waals surface area contributed by atoms with Crippen LogP contribution in [0.2, 0.25) is 0 Å². The fourth-order valence-electron chi connectivity index (χ4n) is 9.38. The number of hydrogen-bond acceptors (Lipinski definition) is 2. The van der Waals surface area contributed by atoms with Gasteiger partial charge in [-0.15, -0.1) is 0 Å². The number of aliphatic imine (C=N–C) groups is 2. The molecule has 6 heteroatoms. The number of hydrogen-bond donors (Lipinski definition) is 0. The van der Waals surface area contributed by atoms with Gasteiger partial charge in [0.25, 0.3) is 0 Å². The van der Waals surface area contributed by atoms with Crippen molar-refractivity contribution in [3.8, 4) is 22.5 Å². The molecule has 0 N–H and O–H groups in total. The monoisotopic (exact) mass is 876 g/mol. The Balaban J connectivity index is 0.976. The second-order valence-corrected chi connectivity index (χ2v) is 16.9. The van der Waals surface area contributed by atoms with Gasteiger partial charge in [0, 0.05) is 57.9 Å². The fourth-order valence-corrected chi connectivity index (χ4v) is 9.38. The largest absolute Gasteiger partial charge is 0.344 e. The summed E-state index contributed by atoms with van der Waals surface area (Å²) in [5, 5.41) is 3.44. The molecule has 9 aromatic carbocycles. The Morgan fingerprint density at radius 3 is 1.84 bits per heavy atom. The number of fused-ring (bicyclic) bond motifs is 5. The minimum absolute atomic E-state index is 0.581. The van der Waals surface area contributed by atoms with Gasteiger partial charge in [0.1, 0.15) is 5.84 Å². The van der Waals surface area contributed by atoms with Crippen molar-refractivity contribution < 1.29 is 0 Å². The lowest BCUT2D eigenvalue weighted by molar-refractivity contribution is 1.08. The molecule has 0 amide bonds. The summed E-state index contributed by atoms with van der Waals surface area (Å²) in [5.74, 6) is 1.38. The Hall–Kier alpha value is -9.00. The van der Waals surface area contributed by atoms with Crippen LogP contribution in [0.3, 0.4) is 0 Å². The van der Waals surface area contributed by atoms with Crippen molar-refractivity contribution in [1.29, 1.82) is 0 Å². The molecular formula is C62H48N6. The zero-order valence-corrected chi connectivity index (χ0v) is 38.0. The molecule has 0 fully saturated rings. The summed E-state index contributed by atoms with van der Waals surface area (Å²) in [4.78, 5) is 12.8. The van der Waals surface area contributed by atoms with Crippen LogP contribution < -0.4 is 4.90 Å². The van der Waals surface area contributed by atoms with E-state index in [1.54, 1.807) is 0 Å². The highest BCUT2D eigenvalue weighted by Crippen LogP contribution is 2.38. The number of para-hydroxylation sites is 7. The Labute approximate surface area is 396 Å². The molecule has 0 unspecified atom stereocenters. The summed E-state index contributed by atoms with van der Waals surface area (Å²) >= 11 is 0. The van der Waals surface area contributed by atoms with Crippen LogP contribution in [-0.2, 0) is 0 Å². The van der Waals surface area contributed by atoms with Gasteiger partial charge in [0.15, 0.2) is 5.84 Å². The predicted octanol–water partition coefficient (Wildman–Crippen LogP) is 15.6. The standard InChI is InChI=1S/C62H48N6/c1-44(46-35-38-51(39-36-46)66-42-41-47-21-13-16-30-56(47)68(52-26-11-6-12-27-52)61-34-20-19-33-60(61)66)63-62(48-22-7-4-8-23-48)64-45(2)67-58-32-18-15-29-54(58)55-43-49(37-40-59(55)67)53-28-14-17-31-57(53)65(3)50-24-9-5-10-25-50/h4-43H,1H2,2-3H3. The molecule has 0 aliphatic rings. The average Bonchev–Trinajstić information content (AvgIpc) is 3.73. The molecule has 326 valence electrons. The molecule has 0 bridgehead atoms. The second-order valence-electron chi connectivity index (χ2n) is 16.9. The zero-order valence-electron chi connectivity index (χ0n) is 38.0. The van der Waals surface area contributed by atoms with Crippen LogP contribution in [-0.4, -0.2) is 32.4 Å². The summed E-state index contributed by atoms with van der Waals surface area (Å²) < 4.78 is 6.83. The van der Waals surface area contributed by atoms with E-state index in [2.05, 4.69) is 264 Å². The van der Waals surface area contributed by atoms with Crippen LogP contribution in [0.25, 0.3) is 71.9 Å². The highest BCUT2D eigenvalue weighted by Gasteiger charge is 2.17. The zero-order chi connectivity index (χ0) is 46.0. The van der Waals surface area contributed by atoms with E-state index in [9.17, 15) is 0 Å². The van der Waals surface area contributed by atoms with Crippen molar-refractivity contribution in [1.82, 2.24) is 13.7 Å². The molecule has 2 aromatic heterocycles. The van der Waals surface area contributed by atoms with Crippen molar-refractivity contribution in [2.45, 2.75) is 6.92 Å². The summed E-state index contributed by atoms with van der Waals surface area (Å²) in [6.07, 6.45) is 2.16. The highest BCUT2D eigenvalue weighted by molar-refractivity contribution is 6.17. The third-order valence-corrected chi connectivity index (χ3v) is 12.7. The first-order valence-electron chi connectivity index (χ1n) is 22.9. The van der Waals surface area contributed by atoms with E-state index >= 15 is 0 Å². The molecule has 0 radical (unpaired) electrons. The van der Waals surface area contributed by atoms with E-state index in [4.69, 9.17) is 9.98 Å². The van der Waals surface area contributed by atoms with Crippen LogP contribution in [0.5, 0.6) is 0 Å². The summed E-state index contributed by atoms with van der Waals surface area (Å²) in [6.45, 7) is 6.57. The Morgan fingerprint density at radius 1 is 0.471 bits per heavy atom. The van der Waals surface area contributed by atoms with Crippen LogP contribution in [0.15, 0.2) is 259 Å². The molecule has 0 atom stereocenters. The number of benzene rings is 9. The molecule has 2 heterocycles. The lowest BCUT2D eigenvalue weighted by Gasteiger charge is -2.23. The molecule has 11 aromatic rings. The predicted molar refractivity (Wildman–Crippen MR) is 288 cm³/mol. The van der Waals surface area contributed by atoms with E-state index in [1.807, 2.05) is 18.2 Å². The van der Waals surface area contributed by atoms with Gasteiger partial charge >= 0.3 is 0 Å². The van der Waals surface area contributed by atoms with Gasteiger partial charge in [-0.1, -0.05) is 158 Å². The Bertz CT molecular complexity index is 3760. The van der Waals surface area contributed by atoms with E-state index in [-0.39, 0.29) is 0 Å². The summed E-state index contributed by atoms with van der Waals surface area (Å²) in [5.41, 5.74) is 14.5. The number of anilines is 2. The van der Waals surface area contributed by atoms with Crippen LogP contribution in [0, 0.1) is 0 Å². The number of rotatable bonds is 8. The van der Waals surface area contributed by atoms with Crippen molar-refractivity contribution >= 4 is 72.5 Å². The molecule has 0 saturated carbocycles. The van der Waals surface area contributed by atoms with E-state index in [0.717, 1.165) is 94.6 Å². The highest BCUT2D eigenvalue weighted by atomic mass is 15.1. The minimum Gasteiger partial charge on any atom is -0.344 e. The molecular weight excluding hydrogens is 829 g/mol. The van der Waals surface area contributed by atoms with Gasteiger partial charge in [0.2, 0.25) is 0 Å². The lowest BCUT2D eigenvalue weighted by atomic mass is 10.00. The van der Waals surface area contributed by atoms with E-state index in [1.165, 1.54) is 0 Å². The third-order valence-electron chi connectivity index (χ3n) is 12.7. The SMILES string of the molecule is C=C(N=C(N=C(C)n1c2ccccc2c2cc(-c3ccccc3N(C)c3ccccc3)ccc21)c1ccccc1)c1ccc(-n2ccc3ccccc3n(-c3ccccc3)c3ccccc32)cc1. The van der Waals surface area contributed by atoms with Crippen molar-refractivity contribution in [2.75, 3.05) is 11.9 Å². The Kier molecular flexibility index (Phi) is 11.1. The minimum atomic E-state index is 0.581. The number of aromatic nitrogens is 3. The lowest BCUT2D eigenvalue weighted by Crippen LogP contribution is -2.11. The van der Waals surface area contributed by atoms with Gasteiger partial charge in [-0.3, -0.25) is 4.57 Å². The molecule has 11 rings (SSSR count). The maximum absolute atomic E-state index is 5.33. The van der Waals surface area contributed by atoms with Gasteiger partial charge in [0.05, 0.1) is 33.3 Å². The summed E-state index contributed by atoms with van der Waals surface area (Å²) in [7, 11) is 2.13. The maximum atomic E-state index is 5.33. The molecule has 0 spiro atoms. The quantitative estimate of drug-likeness (QED) is 0.111.